The van der Waals surface area contributed by atoms with Crippen molar-refractivity contribution in [3.05, 3.63) is 54.1 Å². The number of benzene rings is 1. The largest absolute Gasteiger partial charge is 0.396 e. The van der Waals surface area contributed by atoms with Gasteiger partial charge in [-0.15, -0.1) is 0 Å². The van der Waals surface area contributed by atoms with Crippen molar-refractivity contribution in [1.82, 2.24) is 24.6 Å². The molecule has 1 fully saturated rings. The molecule has 1 aromatic carbocycles. The fourth-order valence-corrected chi connectivity index (χ4v) is 4.24. The van der Waals surface area contributed by atoms with Crippen molar-refractivity contribution in [2.45, 2.75) is 37.0 Å². The van der Waals surface area contributed by atoms with Crippen molar-refractivity contribution < 1.29 is 23.1 Å². The number of amides is 1. The van der Waals surface area contributed by atoms with Crippen molar-refractivity contribution in [2.24, 2.45) is 7.05 Å². The van der Waals surface area contributed by atoms with Gasteiger partial charge in [0, 0.05) is 26.6 Å². The molecule has 1 saturated heterocycles. The minimum absolute atomic E-state index is 0.0675. The summed E-state index contributed by atoms with van der Waals surface area (Å²) in [4.78, 5) is 22.2. The molecule has 0 saturated carbocycles. The molecule has 10 heteroatoms. The molecule has 1 amide bonds. The summed E-state index contributed by atoms with van der Waals surface area (Å²) in [5.41, 5.74) is 0.383. The maximum Gasteiger partial charge on any atom is 0.396 e. The molecule has 1 atom stereocenters. The minimum atomic E-state index is -4.53. The van der Waals surface area contributed by atoms with Crippen molar-refractivity contribution in [3.63, 3.8) is 0 Å². The van der Waals surface area contributed by atoms with Crippen LogP contribution in [0.4, 0.5) is 13.2 Å². The zero-order valence-corrected chi connectivity index (χ0v) is 16.9. The zero-order valence-electron chi connectivity index (χ0n) is 16.9. The molecule has 1 aliphatic heterocycles. The lowest BCUT2D eigenvalue weighted by atomic mass is 9.86. The maximum absolute atomic E-state index is 13.6. The second-order valence-electron chi connectivity index (χ2n) is 7.85. The number of likely N-dealkylation sites (tertiary alicyclic amines) is 1. The molecule has 7 nitrogen and oxygen atoms in total. The summed E-state index contributed by atoms with van der Waals surface area (Å²) >= 11 is 0. The predicted molar refractivity (Wildman–Crippen MR) is 106 cm³/mol. The molecule has 1 N–H and O–H groups in total. The summed E-state index contributed by atoms with van der Waals surface area (Å²) in [5, 5.41) is 15.6. The topological polar surface area (TPSA) is 84.1 Å². The third kappa shape index (κ3) is 4.12. The first-order chi connectivity index (χ1) is 14.7. The number of piperidine rings is 1. The van der Waals surface area contributed by atoms with Gasteiger partial charge in [-0.2, -0.15) is 18.3 Å². The van der Waals surface area contributed by atoms with E-state index in [1.165, 1.54) is 35.5 Å². The van der Waals surface area contributed by atoms with Gasteiger partial charge in [0.15, 0.2) is 0 Å². The number of rotatable bonds is 4. The van der Waals surface area contributed by atoms with Gasteiger partial charge in [-0.3, -0.25) is 9.48 Å². The summed E-state index contributed by atoms with van der Waals surface area (Å²) < 4.78 is 42.4. The van der Waals surface area contributed by atoms with Gasteiger partial charge in [0.2, 0.25) is 5.91 Å². The van der Waals surface area contributed by atoms with Crippen molar-refractivity contribution in [3.8, 4) is 0 Å². The van der Waals surface area contributed by atoms with Crippen LogP contribution in [0.3, 0.4) is 0 Å². The van der Waals surface area contributed by atoms with E-state index in [0.717, 1.165) is 0 Å². The molecule has 1 aliphatic rings. The second-order valence-corrected chi connectivity index (χ2v) is 7.85. The number of hydrogen-bond donors (Lipinski definition) is 1. The van der Waals surface area contributed by atoms with E-state index >= 15 is 0 Å². The first-order valence-electron chi connectivity index (χ1n) is 9.94. The number of carbonyl (C=O) groups excluding carboxylic acids is 1. The summed E-state index contributed by atoms with van der Waals surface area (Å²) in [5.74, 6) is -2.44. The van der Waals surface area contributed by atoms with Gasteiger partial charge in [-0.1, -0.05) is 30.3 Å². The van der Waals surface area contributed by atoms with Crippen LogP contribution in [0.25, 0.3) is 11.0 Å². The van der Waals surface area contributed by atoms with E-state index in [9.17, 15) is 23.1 Å². The molecule has 31 heavy (non-hydrogen) atoms. The van der Waals surface area contributed by atoms with Gasteiger partial charge >= 0.3 is 6.18 Å². The minimum Gasteiger partial charge on any atom is -0.383 e. The van der Waals surface area contributed by atoms with E-state index in [4.69, 9.17) is 0 Å². The Hall–Kier alpha value is -3.01. The normalized spacial score (nSPS) is 17.6. The standard InChI is InChI=1S/C21H22F3N5O2/c1-28-19(18-16(27-28)12-25-13-26-18)20(31)7-9-29(10-8-20)17(30)11-15(21(22,23)24)14-5-3-2-4-6-14/h2-6,12-13,15,31H,7-11H2,1H3. The highest BCUT2D eigenvalue weighted by atomic mass is 19.4. The van der Waals surface area contributed by atoms with E-state index in [0.29, 0.717) is 16.7 Å². The van der Waals surface area contributed by atoms with Crippen LogP contribution < -0.4 is 0 Å². The number of hydrogen-bond acceptors (Lipinski definition) is 5. The van der Waals surface area contributed by atoms with Gasteiger partial charge in [-0.05, 0) is 18.4 Å². The number of aryl methyl sites for hydroxylation is 1. The first kappa shape index (κ1) is 21.2. The van der Waals surface area contributed by atoms with E-state index in [1.54, 1.807) is 24.0 Å². The number of aromatic nitrogens is 4. The molecule has 3 heterocycles. The molecule has 2 aromatic heterocycles. The van der Waals surface area contributed by atoms with E-state index in [-0.39, 0.29) is 31.5 Å². The van der Waals surface area contributed by atoms with Crippen LogP contribution in [-0.4, -0.2) is 54.9 Å². The van der Waals surface area contributed by atoms with Crippen LogP contribution in [0.2, 0.25) is 0 Å². The average molecular weight is 433 g/mol. The molecular formula is C21H22F3N5O2. The average Bonchev–Trinajstić information content (AvgIpc) is 3.08. The molecule has 164 valence electrons. The summed E-state index contributed by atoms with van der Waals surface area (Å²) in [6.45, 7) is 0.291. The maximum atomic E-state index is 13.6. The Balaban J connectivity index is 1.49. The predicted octanol–water partition coefficient (Wildman–Crippen LogP) is 2.91. The van der Waals surface area contributed by atoms with Crippen molar-refractivity contribution >= 4 is 16.9 Å². The van der Waals surface area contributed by atoms with Crippen LogP contribution in [0.1, 0.15) is 36.4 Å². The Labute approximate surface area is 176 Å². The number of aliphatic hydroxyl groups is 1. The molecule has 0 aliphatic carbocycles. The molecule has 0 radical (unpaired) electrons. The van der Waals surface area contributed by atoms with Crippen LogP contribution in [0.5, 0.6) is 0 Å². The Morgan fingerprint density at radius 3 is 2.55 bits per heavy atom. The molecule has 0 bridgehead atoms. The molecular weight excluding hydrogens is 411 g/mol. The Morgan fingerprint density at radius 2 is 1.90 bits per heavy atom. The van der Waals surface area contributed by atoms with Crippen molar-refractivity contribution in [2.75, 3.05) is 13.1 Å². The molecule has 1 unspecified atom stereocenters. The summed E-state index contributed by atoms with van der Waals surface area (Å²) in [7, 11) is 1.69. The molecule has 0 spiro atoms. The molecule has 4 rings (SSSR count). The van der Waals surface area contributed by atoms with Gasteiger partial charge in [0.05, 0.1) is 17.8 Å². The fraction of sp³-hybridized carbons (Fsp3) is 0.429. The zero-order chi connectivity index (χ0) is 22.2. The monoisotopic (exact) mass is 433 g/mol. The van der Waals surface area contributed by atoms with Gasteiger partial charge in [0.25, 0.3) is 0 Å². The van der Waals surface area contributed by atoms with Gasteiger partial charge in [0.1, 0.15) is 23.0 Å². The number of carbonyl (C=O) groups is 1. The Morgan fingerprint density at radius 1 is 1.23 bits per heavy atom. The first-order valence-corrected chi connectivity index (χ1v) is 9.94. The number of nitrogens with zero attached hydrogens (tertiary/aromatic N) is 5. The van der Waals surface area contributed by atoms with Gasteiger partial charge in [-0.25, -0.2) is 9.97 Å². The number of fused-ring (bicyclic) bond motifs is 1. The highest BCUT2D eigenvalue weighted by Gasteiger charge is 2.44. The summed E-state index contributed by atoms with van der Waals surface area (Å²) in [6, 6.07) is 7.46. The fourth-order valence-electron chi connectivity index (χ4n) is 4.24. The number of alkyl halides is 3. The second kappa shape index (κ2) is 7.92. The summed E-state index contributed by atoms with van der Waals surface area (Å²) in [6.07, 6.45) is -1.90. The van der Waals surface area contributed by atoms with Crippen LogP contribution in [0, 0.1) is 0 Å². The Bertz CT molecular complexity index is 1080. The van der Waals surface area contributed by atoms with Crippen LogP contribution in [0.15, 0.2) is 42.9 Å². The number of halogens is 3. The van der Waals surface area contributed by atoms with E-state index in [2.05, 4.69) is 15.1 Å². The lowest BCUT2D eigenvalue weighted by molar-refractivity contribution is -0.162. The Kier molecular flexibility index (Phi) is 5.42. The third-order valence-corrected chi connectivity index (χ3v) is 5.86. The third-order valence-electron chi connectivity index (χ3n) is 5.86. The van der Waals surface area contributed by atoms with Crippen LogP contribution in [-0.2, 0) is 17.4 Å². The van der Waals surface area contributed by atoms with Crippen LogP contribution >= 0.6 is 0 Å². The SMILES string of the molecule is Cn1nc2cncnc2c1C1(O)CCN(C(=O)CC(c2ccccc2)C(F)(F)F)CC1. The quantitative estimate of drug-likeness (QED) is 0.684. The molecule has 3 aromatic rings. The van der Waals surface area contributed by atoms with Crippen molar-refractivity contribution in [1.29, 1.82) is 0 Å². The van der Waals surface area contributed by atoms with Gasteiger partial charge < -0.3 is 10.0 Å². The highest BCUT2D eigenvalue weighted by molar-refractivity contribution is 5.78. The van der Waals surface area contributed by atoms with E-state index in [1.807, 2.05) is 0 Å². The smallest absolute Gasteiger partial charge is 0.383 e. The highest BCUT2D eigenvalue weighted by Crippen LogP contribution is 2.39. The lowest BCUT2D eigenvalue weighted by Crippen LogP contribution is -2.46. The lowest BCUT2D eigenvalue weighted by Gasteiger charge is -2.38. The van der Waals surface area contributed by atoms with E-state index < -0.39 is 30.0 Å².